The highest BCUT2D eigenvalue weighted by atomic mass is 16.6. The Balaban J connectivity index is 1.14. The zero-order valence-corrected chi connectivity index (χ0v) is 41.5. The lowest BCUT2D eigenvalue weighted by molar-refractivity contribution is -0.123. The van der Waals surface area contributed by atoms with Crippen LogP contribution in [0.25, 0.3) is 33.5 Å². The van der Waals surface area contributed by atoms with E-state index < -0.39 is 11.7 Å². The van der Waals surface area contributed by atoms with Gasteiger partial charge in [0, 0.05) is 58.9 Å². The average molecular weight is 937 g/mol. The van der Waals surface area contributed by atoms with E-state index in [1.54, 1.807) is 11.0 Å². The maximum atomic E-state index is 13.7. The van der Waals surface area contributed by atoms with Crippen molar-refractivity contribution in [3.05, 3.63) is 142 Å². The van der Waals surface area contributed by atoms with Crippen LogP contribution in [0.2, 0.25) is 0 Å². The molecule has 3 amide bonds. The highest BCUT2D eigenvalue weighted by Crippen LogP contribution is 2.28. The molecule has 4 heterocycles. The number of carbonyl (C=O) groups is 3. The minimum Gasteiger partial charge on any atom is -0.444 e. The average Bonchev–Trinajstić information content (AvgIpc) is 3.31. The van der Waals surface area contributed by atoms with Crippen LogP contribution in [0.3, 0.4) is 0 Å². The minimum atomic E-state index is -0.710. The first-order valence-electron chi connectivity index (χ1n) is 24.1. The van der Waals surface area contributed by atoms with Crippen LogP contribution in [-0.2, 0) is 26.3 Å². The normalized spacial score (nSPS) is 16.0. The lowest BCUT2D eigenvalue weighted by Crippen LogP contribution is -2.50. The lowest BCUT2D eigenvalue weighted by Gasteiger charge is -2.34. The highest BCUT2D eigenvalue weighted by molar-refractivity contribution is 5.89. The van der Waals surface area contributed by atoms with Crippen molar-refractivity contribution in [1.29, 1.82) is 0 Å². The molecule has 14 heteroatoms. The topological polar surface area (TPSA) is 153 Å². The number of nitrogens with one attached hydrogen (secondary N) is 2. The Morgan fingerprint density at radius 3 is 1.71 bits per heavy atom. The Labute approximate surface area is 406 Å². The van der Waals surface area contributed by atoms with Gasteiger partial charge in [0.05, 0.1) is 53.0 Å². The highest BCUT2D eigenvalue weighted by Gasteiger charge is 2.27. The molecule has 69 heavy (non-hydrogen) atoms. The largest absolute Gasteiger partial charge is 0.444 e. The molecule has 0 saturated carbocycles. The molecule has 3 aromatic carbocycles. The van der Waals surface area contributed by atoms with Crippen LogP contribution in [-0.4, -0.2) is 119 Å². The number of amides is 3. The molecule has 364 valence electrons. The van der Waals surface area contributed by atoms with E-state index in [2.05, 4.69) is 46.1 Å². The molecule has 3 aromatic heterocycles. The third-order valence-electron chi connectivity index (χ3n) is 12.4. The molecule has 0 radical (unpaired) electrons. The molecule has 0 bridgehead atoms. The van der Waals surface area contributed by atoms with Crippen LogP contribution < -0.4 is 16.1 Å². The lowest BCUT2D eigenvalue weighted by atomic mass is 9.86. The van der Waals surface area contributed by atoms with Gasteiger partial charge in [-0.3, -0.25) is 29.1 Å². The van der Waals surface area contributed by atoms with Gasteiger partial charge in [-0.2, -0.15) is 0 Å². The van der Waals surface area contributed by atoms with E-state index in [-0.39, 0.29) is 53.5 Å². The first kappa shape index (κ1) is 50.4. The van der Waals surface area contributed by atoms with E-state index in [0.717, 1.165) is 22.4 Å². The van der Waals surface area contributed by atoms with Gasteiger partial charge in [0.1, 0.15) is 11.2 Å². The molecule has 1 aliphatic heterocycles. The van der Waals surface area contributed by atoms with Gasteiger partial charge < -0.3 is 24.7 Å². The number of aromatic nitrogens is 2. The van der Waals surface area contributed by atoms with Crippen molar-refractivity contribution in [2.24, 2.45) is 0 Å². The number of fused-ring (bicyclic) bond motifs is 2. The predicted molar refractivity (Wildman–Crippen MR) is 272 cm³/mol. The van der Waals surface area contributed by atoms with Crippen LogP contribution in [0.15, 0.2) is 118 Å². The SMILES string of the molecule is C[C@H](NC(=O)CN1CCN(Cc2cccc(-c3ccc4c(=O)c5cc(C(C)(C)C)ccc5oc4n3)n2)CCN(CC(=O)N[C@@H](C)c2ccccc2)CCN(C(=O)OC(C)(C)C)CC1)c1ccccc1. The number of hydrogen-bond acceptors (Lipinski definition) is 11. The summed E-state index contributed by atoms with van der Waals surface area (Å²) < 4.78 is 12.1. The number of nitrogens with zero attached hydrogens (tertiary/aromatic N) is 6. The Hall–Kier alpha value is -6.48. The van der Waals surface area contributed by atoms with Crippen molar-refractivity contribution < 1.29 is 23.5 Å². The van der Waals surface area contributed by atoms with Gasteiger partial charge in [0.15, 0.2) is 0 Å². The van der Waals surface area contributed by atoms with E-state index in [9.17, 15) is 19.2 Å². The van der Waals surface area contributed by atoms with E-state index in [0.29, 0.717) is 86.6 Å². The third-order valence-corrected chi connectivity index (χ3v) is 12.4. The monoisotopic (exact) mass is 937 g/mol. The first-order valence-corrected chi connectivity index (χ1v) is 24.1. The summed E-state index contributed by atoms with van der Waals surface area (Å²) in [6.07, 6.45) is -0.442. The molecule has 1 fully saturated rings. The Morgan fingerprint density at radius 1 is 0.623 bits per heavy atom. The van der Waals surface area contributed by atoms with Gasteiger partial charge in [-0.15, -0.1) is 0 Å². The Kier molecular flexibility index (Phi) is 16.3. The van der Waals surface area contributed by atoms with Gasteiger partial charge in [-0.05, 0) is 93.1 Å². The molecule has 7 rings (SSSR count). The van der Waals surface area contributed by atoms with Gasteiger partial charge in [-0.1, -0.05) is 93.6 Å². The molecule has 0 aliphatic carbocycles. The summed E-state index contributed by atoms with van der Waals surface area (Å²) in [5, 5.41) is 7.25. The van der Waals surface area contributed by atoms with Crippen molar-refractivity contribution in [1.82, 2.24) is 40.2 Å². The van der Waals surface area contributed by atoms with E-state index in [1.165, 1.54) is 0 Å². The summed E-state index contributed by atoms with van der Waals surface area (Å²) in [4.78, 5) is 72.8. The van der Waals surface area contributed by atoms with Crippen LogP contribution in [0.5, 0.6) is 0 Å². The maximum Gasteiger partial charge on any atom is 0.410 e. The van der Waals surface area contributed by atoms with Crippen molar-refractivity contribution in [3.63, 3.8) is 0 Å². The van der Waals surface area contributed by atoms with Crippen molar-refractivity contribution in [2.45, 2.75) is 85.0 Å². The van der Waals surface area contributed by atoms with E-state index in [1.807, 2.05) is 138 Å². The molecule has 0 spiro atoms. The second-order valence-electron chi connectivity index (χ2n) is 20.2. The number of ether oxygens (including phenoxy) is 1. The third kappa shape index (κ3) is 14.1. The molecule has 6 aromatic rings. The summed E-state index contributed by atoms with van der Waals surface area (Å²) in [5.74, 6) is -0.238. The summed E-state index contributed by atoms with van der Waals surface area (Å²) >= 11 is 0. The molecule has 1 aliphatic rings. The van der Waals surface area contributed by atoms with Gasteiger partial charge in [0.25, 0.3) is 0 Å². The number of hydrogen-bond donors (Lipinski definition) is 2. The number of pyridine rings is 2. The zero-order valence-electron chi connectivity index (χ0n) is 41.5. The van der Waals surface area contributed by atoms with Crippen molar-refractivity contribution in [3.8, 4) is 11.4 Å². The van der Waals surface area contributed by atoms with Gasteiger partial charge >= 0.3 is 6.09 Å². The quantitative estimate of drug-likeness (QED) is 0.121. The molecular formula is C55H68N8O6. The summed E-state index contributed by atoms with van der Waals surface area (Å²) in [6.45, 7) is 20.2. The smallest absolute Gasteiger partial charge is 0.410 e. The van der Waals surface area contributed by atoms with Gasteiger partial charge in [-0.25, -0.2) is 14.8 Å². The van der Waals surface area contributed by atoms with E-state index in [4.69, 9.17) is 19.1 Å². The summed E-state index contributed by atoms with van der Waals surface area (Å²) in [6, 6.07) is 34.5. The van der Waals surface area contributed by atoms with Crippen molar-refractivity contribution in [2.75, 3.05) is 65.4 Å². The Morgan fingerprint density at radius 2 is 1.16 bits per heavy atom. The number of benzene rings is 3. The standard InChI is InChI=1S/C55H68N8O6/c1-38(40-16-11-9-12-17-40)56-49(64)36-61-28-26-60(27-29-62(31-33-63(32-30-61)53(67)69-55(6,7)8)37-50(65)57-39(2)41-18-13-10-14-19-41)35-43-20-15-21-46(58-43)47-24-23-44-51(66)45-34-42(54(3,4)5)22-25-48(45)68-52(44)59-47/h9-25,34,38-39H,26-33,35-37H2,1-8H3,(H,56,64)(H,57,65)/t38-,39-/m0/s1. The molecule has 0 unspecified atom stereocenters. The minimum absolute atomic E-state index is 0.119. The molecule has 1 saturated heterocycles. The Bertz CT molecular complexity index is 2690. The van der Waals surface area contributed by atoms with Crippen LogP contribution in [0, 0.1) is 0 Å². The molecule has 2 N–H and O–H groups in total. The maximum absolute atomic E-state index is 13.7. The fourth-order valence-corrected chi connectivity index (χ4v) is 8.44. The second-order valence-corrected chi connectivity index (χ2v) is 20.2. The van der Waals surface area contributed by atoms with Crippen LogP contribution >= 0.6 is 0 Å². The molecule has 2 atom stereocenters. The summed E-state index contributed by atoms with van der Waals surface area (Å²) in [7, 11) is 0. The second kappa shape index (κ2) is 22.3. The molecular weight excluding hydrogens is 869 g/mol. The zero-order chi connectivity index (χ0) is 49.3. The van der Waals surface area contributed by atoms with Crippen LogP contribution in [0.4, 0.5) is 4.79 Å². The predicted octanol–water partition coefficient (Wildman–Crippen LogP) is 8.11. The van der Waals surface area contributed by atoms with Crippen molar-refractivity contribution >= 4 is 40.0 Å². The fourth-order valence-electron chi connectivity index (χ4n) is 8.44. The molecule has 14 nitrogen and oxygen atoms in total. The van der Waals surface area contributed by atoms with Crippen LogP contribution in [0.1, 0.15) is 89.9 Å². The van der Waals surface area contributed by atoms with E-state index >= 15 is 0 Å². The first-order chi connectivity index (χ1) is 32.9. The number of carbonyl (C=O) groups excluding carboxylic acids is 3. The fraction of sp³-hybridized carbons (Fsp3) is 0.418. The van der Waals surface area contributed by atoms with Gasteiger partial charge in [0.2, 0.25) is 23.0 Å². The number of rotatable bonds is 11. The summed E-state index contributed by atoms with van der Waals surface area (Å²) in [5.41, 5.74) is 4.84.